The van der Waals surface area contributed by atoms with Crippen LogP contribution in [-0.2, 0) is 0 Å². The lowest BCUT2D eigenvalue weighted by molar-refractivity contribution is 0.618. The Hall–Kier alpha value is -6.72. The molecule has 54 heavy (non-hydrogen) atoms. The minimum Gasteiger partial charge on any atom is -0.207 e. The van der Waals surface area contributed by atoms with E-state index in [9.17, 15) is 17.6 Å². The summed E-state index contributed by atoms with van der Waals surface area (Å²) in [5.41, 5.74) is 10.2. The van der Waals surface area contributed by atoms with E-state index in [2.05, 4.69) is 47.4 Å². The Labute approximate surface area is 315 Å². The van der Waals surface area contributed by atoms with Gasteiger partial charge in [0.25, 0.3) is 0 Å². The third-order valence-corrected chi connectivity index (χ3v) is 8.41. The number of hydrogen-bond donors (Lipinski definition) is 0. The molecule has 0 amide bonds. The first-order valence-electron chi connectivity index (χ1n) is 17.2. The molecule has 0 atom stereocenters. The molecule has 6 aromatic carbocycles. The lowest BCUT2D eigenvalue weighted by atomic mass is 10.0. The van der Waals surface area contributed by atoms with E-state index in [-0.39, 0.29) is 23.3 Å². The number of hydrogen-bond acceptors (Lipinski definition) is 0. The van der Waals surface area contributed by atoms with Crippen LogP contribution in [0.1, 0.15) is 77.9 Å². The molecule has 0 unspecified atom stereocenters. The van der Waals surface area contributed by atoms with Crippen molar-refractivity contribution in [3.63, 3.8) is 0 Å². The van der Waals surface area contributed by atoms with Gasteiger partial charge in [-0.2, -0.15) is 0 Å². The number of benzene rings is 6. The fourth-order valence-corrected chi connectivity index (χ4v) is 5.11. The fraction of sp³-hybridized carbons (Fsp3) is 0.120. The molecule has 0 aromatic heterocycles. The molecule has 0 saturated carbocycles. The van der Waals surface area contributed by atoms with Crippen LogP contribution in [0.3, 0.4) is 0 Å². The van der Waals surface area contributed by atoms with Crippen molar-refractivity contribution < 1.29 is 17.6 Å². The van der Waals surface area contributed by atoms with Crippen LogP contribution in [0.5, 0.6) is 0 Å². The Bertz CT molecular complexity index is 2630. The molecule has 0 aliphatic rings. The van der Waals surface area contributed by atoms with Crippen molar-refractivity contribution in [2.45, 2.75) is 41.5 Å². The van der Waals surface area contributed by atoms with Gasteiger partial charge in [-0.1, -0.05) is 71.6 Å². The van der Waals surface area contributed by atoms with Crippen molar-refractivity contribution in [2.24, 2.45) is 0 Å². The zero-order valence-corrected chi connectivity index (χ0v) is 30.9. The molecule has 0 spiro atoms. The van der Waals surface area contributed by atoms with Gasteiger partial charge < -0.3 is 0 Å². The van der Waals surface area contributed by atoms with Gasteiger partial charge in [0, 0.05) is 33.4 Å². The molecule has 6 aromatic rings. The molecule has 0 bridgehead atoms. The van der Waals surface area contributed by atoms with Crippen LogP contribution in [0, 0.1) is 112 Å². The highest BCUT2D eigenvalue weighted by Gasteiger charge is 2.03. The van der Waals surface area contributed by atoms with E-state index in [1.54, 1.807) is 50.2 Å². The molecule has 0 radical (unpaired) electrons. The van der Waals surface area contributed by atoms with Crippen molar-refractivity contribution in [3.8, 4) is 47.4 Å². The molecule has 0 aliphatic heterocycles. The van der Waals surface area contributed by atoms with Crippen LogP contribution in [0.25, 0.3) is 0 Å². The summed E-state index contributed by atoms with van der Waals surface area (Å²) >= 11 is 0. The second kappa shape index (κ2) is 17.7. The monoisotopic (exact) mass is 712 g/mol. The molecular formula is C50H36F4. The van der Waals surface area contributed by atoms with E-state index in [1.807, 2.05) is 76.2 Å². The van der Waals surface area contributed by atoms with Crippen molar-refractivity contribution in [1.82, 2.24) is 0 Å². The predicted molar refractivity (Wildman–Crippen MR) is 211 cm³/mol. The Morgan fingerprint density at radius 1 is 0.278 bits per heavy atom. The second-order valence-electron chi connectivity index (χ2n) is 13.0. The zero-order chi connectivity index (χ0) is 38.8. The normalized spacial score (nSPS) is 9.81. The van der Waals surface area contributed by atoms with Crippen molar-refractivity contribution in [2.75, 3.05) is 0 Å². The molecule has 0 nitrogen and oxygen atoms in total. The average molecular weight is 713 g/mol. The van der Waals surface area contributed by atoms with Gasteiger partial charge in [-0.15, -0.1) is 0 Å². The molecule has 0 heterocycles. The van der Waals surface area contributed by atoms with Crippen molar-refractivity contribution >= 4 is 0 Å². The fourth-order valence-electron chi connectivity index (χ4n) is 5.11. The summed E-state index contributed by atoms with van der Waals surface area (Å²) in [4.78, 5) is 0. The molecule has 0 fully saturated rings. The van der Waals surface area contributed by atoms with E-state index in [0.717, 1.165) is 44.5 Å². The summed E-state index contributed by atoms with van der Waals surface area (Å²) in [6.45, 7) is 11.0. The Morgan fingerprint density at radius 3 is 0.981 bits per heavy atom. The van der Waals surface area contributed by atoms with E-state index < -0.39 is 0 Å². The highest BCUT2D eigenvalue weighted by atomic mass is 19.1. The van der Waals surface area contributed by atoms with Crippen LogP contribution in [-0.4, -0.2) is 0 Å². The van der Waals surface area contributed by atoms with Gasteiger partial charge in [0.05, 0.1) is 11.1 Å². The van der Waals surface area contributed by atoms with Crippen LogP contribution in [0.4, 0.5) is 17.6 Å². The van der Waals surface area contributed by atoms with Gasteiger partial charge in [-0.05, 0) is 160 Å². The smallest absolute Gasteiger partial charge is 0.139 e. The minimum atomic E-state index is -0.313. The molecule has 264 valence electrons. The number of rotatable bonds is 0. The third-order valence-electron chi connectivity index (χ3n) is 8.41. The Balaban J connectivity index is 0.000000208. The lowest BCUT2D eigenvalue weighted by Gasteiger charge is -2.00. The first-order chi connectivity index (χ1) is 25.8. The van der Waals surface area contributed by atoms with Gasteiger partial charge in [0.1, 0.15) is 23.3 Å². The molecular weight excluding hydrogens is 677 g/mol. The SMILES string of the molecule is Cc1ccc(C#Cc2ccc(C#Cc3ccc(C)c(F)c3)c(C)c2)c(F)c1.Cc1ccc(C#Cc2ccc(C#Cc3ccc(C)c(F)c3)cc2C)c(F)c1. The van der Waals surface area contributed by atoms with Crippen molar-refractivity contribution in [1.29, 1.82) is 0 Å². The third kappa shape index (κ3) is 10.7. The summed E-state index contributed by atoms with van der Waals surface area (Å²) in [6.07, 6.45) is 0. The first-order valence-corrected chi connectivity index (χ1v) is 17.2. The molecule has 6 rings (SSSR count). The van der Waals surface area contributed by atoms with E-state index in [0.29, 0.717) is 33.4 Å². The maximum atomic E-state index is 13.9. The lowest BCUT2D eigenvalue weighted by Crippen LogP contribution is -1.87. The van der Waals surface area contributed by atoms with Crippen LogP contribution < -0.4 is 0 Å². The zero-order valence-electron chi connectivity index (χ0n) is 30.9. The maximum absolute atomic E-state index is 13.9. The maximum Gasteiger partial charge on any atom is 0.139 e. The van der Waals surface area contributed by atoms with Gasteiger partial charge in [0.2, 0.25) is 0 Å². The highest BCUT2D eigenvalue weighted by molar-refractivity contribution is 5.53. The van der Waals surface area contributed by atoms with Crippen molar-refractivity contribution in [3.05, 3.63) is 210 Å². The summed E-state index contributed by atoms with van der Waals surface area (Å²) in [5, 5.41) is 0. The van der Waals surface area contributed by atoms with E-state index >= 15 is 0 Å². The molecule has 0 saturated heterocycles. The Kier molecular flexibility index (Phi) is 12.6. The van der Waals surface area contributed by atoms with Crippen LogP contribution in [0.15, 0.2) is 109 Å². The number of halogens is 4. The van der Waals surface area contributed by atoms with E-state index in [4.69, 9.17) is 0 Å². The minimum absolute atomic E-state index is 0.257. The van der Waals surface area contributed by atoms with E-state index in [1.165, 1.54) is 24.3 Å². The first kappa shape index (κ1) is 38.5. The van der Waals surface area contributed by atoms with Gasteiger partial charge in [0.15, 0.2) is 0 Å². The molecule has 0 aliphatic carbocycles. The predicted octanol–water partition coefficient (Wildman–Crippen LogP) is 11.4. The Morgan fingerprint density at radius 2 is 0.593 bits per heavy atom. The second-order valence-corrected chi connectivity index (χ2v) is 13.0. The molecule has 4 heteroatoms. The average Bonchev–Trinajstić information content (AvgIpc) is 3.13. The summed E-state index contributed by atoms with van der Waals surface area (Å²) in [7, 11) is 0. The van der Waals surface area contributed by atoms with Crippen LogP contribution in [0.2, 0.25) is 0 Å². The van der Waals surface area contributed by atoms with Gasteiger partial charge in [-0.25, -0.2) is 17.6 Å². The summed E-state index contributed by atoms with van der Waals surface area (Å²) in [6, 6.07) is 31.2. The summed E-state index contributed by atoms with van der Waals surface area (Å²) < 4.78 is 54.9. The highest BCUT2D eigenvalue weighted by Crippen LogP contribution is 2.15. The molecule has 0 N–H and O–H groups in total. The quantitative estimate of drug-likeness (QED) is 0.109. The standard InChI is InChI=1S/2C25H18F2/c1-17-4-10-23(25(27)14-17)13-9-20-7-11-22(19(3)15-20)12-8-21-6-5-18(2)24(26)16-21;1-17-4-10-23(25(27)14-17)13-12-22-11-9-20(15-19(22)3)7-8-21-6-5-18(2)24(26)16-21/h4-7,10-11,14-16H,1-3H3;4-6,9-11,14-16H,1-3H3. The van der Waals surface area contributed by atoms with Gasteiger partial charge in [-0.3, -0.25) is 0 Å². The summed E-state index contributed by atoms with van der Waals surface area (Å²) in [5.74, 6) is 22.7. The van der Waals surface area contributed by atoms with Gasteiger partial charge >= 0.3 is 0 Å². The topological polar surface area (TPSA) is 0 Å². The largest absolute Gasteiger partial charge is 0.207 e. The van der Waals surface area contributed by atoms with Crippen LogP contribution >= 0.6 is 0 Å². The number of aryl methyl sites for hydroxylation is 6.